The number of nitrogens with zero attached hydrogens (tertiary/aromatic N) is 1. The number of amides is 1. The third kappa shape index (κ3) is 3.61. The van der Waals surface area contributed by atoms with E-state index in [1.54, 1.807) is 0 Å². The molecule has 1 aromatic carbocycles. The van der Waals surface area contributed by atoms with E-state index in [0.717, 1.165) is 25.9 Å². The highest BCUT2D eigenvalue weighted by atomic mass is 16.5. The van der Waals surface area contributed by atoms with Gasteiger partial charge >= 0.3 is 0 Å². The number of hydrogen-bond donors (Lipinski definition) is 1. The smallest absolute Gasteiger partial charge is 0.252 e. The van der Waals surface area contributed by atoms with E-state index in [4.69, 9.17) is 10.5 Å². The summed E-state index contributed by atoms with van der Waals surface area (Å²) >= 11 is 0. The minimum atomic E-state index is -0.409. The van der Waals surface area contributed by atoms with E-state index in [1.165, 1.54) is 24.0 Å². The van der Waals surface area contributed by atoms with Gasteiger partial charge in [0.2, 0.25) is 0 Å². The number of primary amides is 1. The van der Waals surface area contributed by atoms with E-state index in [2.05, 4.69) is 18.7 Å². The van der Waals surface area contributed by atoms with Crippen molar-refractivity contribution in [2.45, 2.75) is 52.5 Å². The molecule has 4 nitrogen and oxygen atoms in total. The summed E-state index contributed by atoms with van der Waals surface area (Å²) in [5.41, 5.74) is 8.56. The van der Waals surface area contributed by atoms with Crippen LogP contribution in [0.15, 0.2) is 12.1 Å². The van der Waals surface area contributed by atoms with Crippen LogP contribution in [-0.4, -0.2) is 36.5 Å². The SMILES string of the molecule is CCCN(CCC)[C@H]1Cc2cc(OCC)c(C(N)=O)cc2C1. The molecule has 0 aromatic heterocycles. The Labute approximate surface area is 133 Å². The maximum atomic E-state index is 11.6. The molecule has 0 fully saturated rings. The summed E-state index contributed by atoms with van der Waals surface area (Å²) in [6.45, 7) is 9.18. The number of fused-ring (bicyclic) bond motifs is 1. The summed E-state index contributed by atoms with van der Waals surface area (Å²) in [6, 6.07) is 4.50. The van der Waals surface area contributed by atoms with Crippen LogP contribution in [0.3, 0.4) is 0 Å². The van der Waals surface area contributed by atoms with Gasteiger partial charge in [-0.25, -0.2) is 0 Å². The van der Waals surface area contributed by atoms with Gasteiger partial charge in [-0.3, -0.25) is 9.69 Å². The topological polar surface area (TPSA) is 55.6 Å². The van der Waals surface area contributed by atoms with Crippen molar-refractivity contribution in [2.24, 2.45) is 5.73 Å². The first-order valence-corrected chi connectivity index (χ1v) is 8.43. The van der Waals surface area contributed by atoms with Crippen molar-refractivity contribution in [3.8, 4) is 5.75 Å². The molecule has 0 bridgehead atoms. The summed E-state index contributed by atoms with van der Waals surface area (Å²) in [6.07, 6.45) is 4.38. The largest absolute Gasteiger partial charge is 0.493 e. The number of benzene rings is 1. The second kappa shape index (κ2) is 7.63. The van der Waals surface area contributed by atoms with Gasteiger partial charge in [-0.05, 0) is 69.0 Å². The quantitative estimate of drug-likeness (QED) is 0.803. The summed E-state index contributed by atoms with van der Waals surface area (Å²) in [5, 5.41) is 0. The van der Waals surface area contributed by atoms with Crippen LogP contribution in [0.5, 0.6) is 5.75 Å². The Morgan fingerprint density at radius 1 is 1.18 bits per heavy atom. The molecule has 0 spiro atoms. The predicted octanol–water partition coefficient (Wildman–Crippen LogP) is 2.77. The first kappa shape index (κ1) is 16.8. The minimum absolute atomic E-state index is 0.409. The summed E-state index contributed by atoms with van der Waals surface area (Å²) in [7, 11) is 0. The van der Waals surface area contributed by atoms with E-state index in [9.17, 15) is 4.79 Å². The van der Waals surface area contributed by atoms with Crippen LogP contribution in [0.1, 0.15) is 55.1 Å². The second-order valence-electron chi connectivity index (χ2n) is 6.01. The van der Waals surface area contributed by atoms with E-state index >= 15 is 0 Å². The van der Waals surface area contributed by atoms with Crippen LogP contribution in [0.2, 0.25) is 0 Å². The molecule has 0 aliphatic heterocycles. The molecule has 2 rings (SSSR count). The van der Waals surface area contributed by atoms with E-state index in [-0.39, 0.29) is 0 Å². The molecule has 2 N–H and O–H groups in total. The average molecular weight is 304 g/mol. The lowest BCUT2D eigenvalue weighted by molar-refractivity contribution is 0.0996. The Bertz CT molecular complexity index is 522. The highest BCUT2D eigenvalue weighted by molar-refractivity contribution is 5.96. The van der Waals surface area contributed by atoms with Gasteiger partial charge in [0.1, 0.15) is 5.75 Å². The van der Waals surface area contributed by atoms with Crippen LogP contribution in [-0.2, 0) is 12.8 Å². The molecular formula is C18H28N2O2. The number of ether oxygens (including phenoxy) is 1. The zero-order valence-corrected chi connectivity index (χ0v) is 14.0. The highest BCUT2D eigenvalue weighted by Gasteiger charge is 2.28. The monoisotopic (exact) mass is 304 g/mol. The summed E-state index contributed by atoms with van der Waals surface area (Å²) in [4.78, 5) is 14.2. The molecule has 0 radical (unpaired) electrons. The number of hydrogen-bond acceptors (Lipinski definition) is 3. The Kier molecular flexibility index (Phi) is 5.83. The molecule has 4 heteroatoms. The molecule has 1 amide bonds. The van der Waals surface area contributed by atoms with Gasteiger partial charge in [0, 0.05) is 6.04 Å². The van der Waals surface area contributed by atoms with Crippen LogP contribution in [0.4, 0.5) is 0 Å². The van der Waals surface area contributed by atoms with Gasteiger partial charge in [-0.15, -0.1) is 0 Å². The Morgan fingerprint density at radius 2 is 1.77 bits per heavy atom. The molecule has 122 valence electrons. The molecular weight excluding hydrogens is 276 g/mol. The first-order chi connectivity index (χ1) is 10.6. The molecule has 1 aliphatic rings. The molecule has 1 aliphatic carbocycles. The van der Waals surface area contributed by atoms with Crippen molar-refractivity contribution in [3.63, 3.8) is 0 Å². The fourth-order valence-corrected chi connectivity index (χ4v) is 3.40. The van der Waals surface area contributed by atoms with Crippen molar-refractivity contribution >= 4 is 5.91 Å². The van der Waals surface area contributed by atoms with Gasteiger partial charge < -0.3 is 10.5 Å². The van der Waals surface area contributed by atoms with Crippen molar-refractivity contribution in [1.82, 2.24) is 4.90 Å². The molecule has 1 atom stereocenters. The van der Waals surface area contributed by atoms with E-state index < -0.39 is 5.91 Å². The van der Waals surface area contributed by atoms with Crippen LogP contribution < -0.4 is 10.5 Å². The van der Waals surface area contributed by atoms with Crippen molar-refractivity contribution in [2.75, 3.05) is 19.7 Å². The van der Waals surface area contributed by atoms with Gasteiger partial charge in [-0.2, -0.15) is 0 Å². The lowest BCUT2D eigenvalue weighted by Crippen LogP contribution is -2.37. The van der Waals surface area contributed by atoms with Crippen LogP contribution in [0, 0.1) is 0 Å². The van der Waals surface area contributed by atoms with Crippen LogP contribution in [0.25, 0.3) is 0 Å². The van der Waals surface area contributed by atoms with Crippen LogP contribution >= 0.6 is 0 Å². The maximum Gasteiger partial charge on any atom is 0.252 e. The van der Waals surface area contributed by atoms with E-state index in [0.29, 0.717) is 24.0 Å². The Hall–Kier alpha value is -1.55. The standard InChI is InChI=1S/C18H28N2O2/c1-4-7-20(8-5-2)15-9-13-11-16(18(19)21)17(22-6-3)12-14(13)10-15/h11-12,15H,4-10H2,1-3H3,(H2,19,21)/t15-/m1/s1. The first-order valence-electron chi connectivity index (χ1n) is 8.43. The molecule has 22 heavy (non-hydrogen) atoms. The maximum absolute atomic E-state index is 11.6. The number of carbonyl (C=O) groups excluding carboxylic acids is 1. The second-order valence-corrected chi connectivity index (χ2v) is 6.01. The summed E-state index contributed by atoms with van der Waals surface area (Å²) < 4.78 is 5.60. The minimum Gasteiger partial charge on any atom is -0.493 e. The lowest BCUT2D eigenvalue weighted by atomic mass is 10.0. The Balaban J connectivity index is 2.24. The fourth-order valence-electron chi connectivity index (χ4n) is 3.40. The number of nitrogens with two attached hydrogens (primary N) is 1. The average Bonchev–Trinajstić information content (AvgIpc) is 2.89. The van der Waals surface area contributed by atoms with Crippen molar-refractivity contribution in [1.29, 1.82) is 0 Å². The zero-order chi connectivity index (χ0) is 16.1. The molecule has 0 saturated heterocycles. The van der Waals surface area contributed by atoms with Crippen molar-refractivity contribution in [3.05, 3.63) is 28.8 Å². The van der Waals surface area contributed by atoms with Gasteiger partial charge in [-0.1, -0.05) is 13.8 Å². The van der Waals surface area contributed by atoms with E-state index in [1.807, 2.05) is 19.1 Å². The molecule has 0 unspecified atom stereocenters. The molecule has 1 aromatic rings. The predicted molar refractivity (Wildman–Crippen MR) is 89.5 cm³/mol. The molecule has 0 heterocycles. The lowest BCUT2D eigenvalue weighted by Gasteiger charge is -2.27. The normalized spacial score (nSPS) is 16.8. The third-order valence-electron chi connectivity index (χ3n) is 4.32. The van der Waals surface area contributed by atoms with Gasteiger partial charge in [0.15, 0.2) is 0 Å². The Morgan fingerprint density at radius 3 is 2.27 bits per heavy atom. The van der Waals surface area contributed by atoms with Gasteiger partial charge in [0.05, 0.1) is 12.2 Å². The van der Waals surface area contributed by atoms with Gasteiger partial charge in [0.25, 0.3) is 5.91 Å². The fraction of sp³-hybridized carbons (Fsp3) is 0.611. The van der Waals surface area contributed by atoms with Crippen molar-refractivity contribution < 1.29 is 9.53 Å². The number of rotatable bonds is 8. The number of carbonyl (C=O) groups is 1. The highest BCUT2D eigenvalue weighted by Crippen LogP contribution is 2.32. The zero-order valence-electron chi connectivity index (χ0n) is 14.0. The molecule has 0 saturated carbocycles. The summed E-state index contributed by atoms with van der Waals surface area (Å²) in [5.74, 6) is 0.223. The third-order valence-corrected chi connectivity index (χ3v) is 4.32.